The van der Waals surface area contributed by atoms with E-state index in [1.165, 1.54) is 16.9 Å². The number of anilines is 1. The Morgan fingerprint density at radius 3 is 2.56 bits per heavy atom. The third-order valence-electron chi connectivity index (χ3n) is 3.78. The highest BCUT2D eigenvalue weighted by Gasteiger charge is 2.12. The Kier molecular flexibility index (Phi) is 10.1. The van der Waals surface area contributed by atoms with Gasteiger partial charge in [-0.3, -0.25) is 4.40 Å². The van der Waals surface area contributed by atoms with Gasteiger partial charge < -0.3 is 5.73 Å². The van der Waals surface area contributed by atoms with Crippen molar-refractivity contribution in [3.05, 3.63) is 59.3 Å². The van der Waals surface area contributed by atoms with E-state index in [2.05, 4.69) is 49.0 Å². The third-order valence-corrected chi connectivity index (χ3v) is 4.45. The Morgan fingerprint density at radius 2 is 1.96 bits per heavy atom. The van der Waals surface area contributed by atoms with Crippen molar-refractivity contribution in [1.29, 1.82) is 0 Å². The van der Waals surface area contributed by atoms with Crippen LogP contribution < -0.4 is 5.73 Å². The second-order valence-electron chi connectivity index (χ2n) is 5.75. The number of nitrogen functional groups attached to an aromatic ring is 1. The van der Waals surface area contributed by atoms with E-state index in [1.807, 2.05) is 54.9 Å². The lowest BCUT2D eigenvalue weighted by atomic mass is 10.2. The molecule has 0 aliphatic heterocycles. The highest BCUT2D eigenvalue weighted by Crippen LogP contribution is 2.26. The maximum Gasteiger partial charge on any atom is 0.180 e. The summed E-state index contributed by atoms with van der Waals surface area (Å²) in [7, 11) is 0. The maximum atomic E-state index is 5.66. The molecule has 0 atom stereocenters. The first-order valence-corrected chi connectivity index (χ1v) is 10.4. The molecule has 0 bridgehead atoms. The van der Waals surface area contributed by atoms with E-state index in [0.29, 0.717) is 5.13 Å². The number of hydrogen-bond donors (Lipinski definition) is 1. The minimum atomic E-state index is 0.584. The lowest BCUT2D eigenvalue weighted by Gasteiger charge is -1.98. The van der Waals surface area contributed by atoms with E-state index < -0.39 is 0 Å². The van der Waals surface area contributed by atoms with Crippen molar-refractivity contribution in [2.24, 2.45) is 0 Å². The zero-order valence-electron chi connectivity index (χ0n) is 17.4. The van der Waals surface area contributed by atoms with Crippen LogP contribution in [0.5, 0.6) is 0 Å². The molecule has 0 saturated carbocycles. The van der Waals surface area contributed by atoms with Gasteiger partial charge in [0.15, 0.2) is 5.13 Å². The summed E-state index contributed by atoms with van der Waals surface area (Å²) in [5.74, 6) is 0. The van der Waals surface area contributed by atoms with Crippen molar-refractivity contribution in [3.63, 3.8) is 0 Å². The van der Waals surface area contributed by atoms with Crippen molar-refractivity contribution in [2.75, 3.05) is 5.73 Å². The molecule has 0 unspecified atom stereocenters. The first-order valence-electron chi connectivity index (χ1n) is 9.54. The van der Waals surface area contributed by atoms with Gasteiger partial charge in [0.05, 0.1) is 11.4 Å². The van der Waals surface area contributed by atoms with E-state index in [0.717, 1.165) is 35.6 Å². The Labute approximate surface area is 167 Å². The molecule has 0 saturated heterocycles. The van der Waals surface area contributed by atoms with Gasteiger partial charge in [-0.2, -0.15) is 0 Å². The van der Waals surface area contributed by atoms with Crippen LogP contribution in [-0.2, 0) is 0 Å². The van der Waals surface area contributed by atoms with Gasteiger partial charge in [-0.05, 0) is 38.8 Å². The lowest BCUT2D eigenvalue weighted by molar-refractivity contribution is 1.10. The first-order chi connectivity index (χ1) is 13.1. The molecule has 0 radical (unpaired) electrons. The topological polar surface area (TPSA) is 56.2 Å². The minimum Gasteiger partial charge on any atom is -0.375 e. The first kappa shape index (κ1) is 22.6. The van der Waals surface area contributed by atoms with Gasteiger partial charge in [0.1, 0.15) is 11.3 Å². The van der Waals surface area contributed by atoms with Crippen LogP contribution in [0.15, 0.2) is 53.6 Å². The molecular weight excluding hydrogens is 352 g/mol. The van der Waals surface area contributed by atoms with Gasteiger partial charge in [0, 0.05) is 11.6 Å². The Hall–Kier alpha value is -2.40. The van der Waals surface area contributed by atoms with E-state index in [4.69, 9.17) is 5.73 Å². The van der Waals surface area contributed by atoms with Crippen molar-refractivity contribution in [3.8, 4) is 11.4 Å². The van der Waals surface area contributed by atoms with Crippen molar-refractivity contribution in [1.82, 2.24) is 14.4 Å². The molecule has 0 amide bonds. The number of aryl methyl sites for hydroxylation is 1. The second kappa shape index (κ2) is 12.1. The van der Waals surface area contributed by atoms with E-state index in [-0.39, 0.29) is 0 Å². The Bertz CT molecular complexity index is 871. The monoisotopic (exact) mass is 384 g/mol. The molecule has 0 aliphatic carbocycles. The zero-order valence-corrected chi connectivity index (χ0v) is 18.2. The van der Waals surface area contributed by atoms with Crippen LogP contribution in [0.25, 0.3) is 17.0 Å². The fourth-order valence-corrected chi connectivity index (χ4v) is 2.85. The number of thiazole rings is 1. The van der Waals surface area contributed by atoms with E-state index in [1.54, 1.807) is 0 Å². The molecule has 0 aromatic carbocycles. The zero-order chi connectivity index (χ0) is 20.2. The van der Waals surface area contributed by atoms with Gasteiger partial charge in [-0.25, -0.2) is 9.97 Å². The number of allylic oxidation sites excluding steroid dienone is 4. The number of fused-ring (bicyclic) bond motifs is 1. The number of imidazole rings is 1. The summed E-state index contributed by atoms with van der Waals surface area (Å²) in [5.41, 5.74) is 10.9. The van der Waals surface area contributed by atoms with Crippen LogP contribution in [-0.4, -0.2) is 14.4 Å². The van der Waals surface area contributed by atoms with E-state index in [9.17, 15) is 0 Å². The largest absolute Gasteiger partial charge is 0.375 e. The molecule has 5 heteroatoms. The quantitative estimate of drug-likeness (QED) is 0.510. The molecule has 0 fully saturated rings. The van der Waals surface area contributed by atoms with Crippen LogP contribution in [0.3, 0.4) is 0 Å². The summed E-state index contributed by atoms with van der Waals surface area (Å²) in [5, 5.41) is 2.54. The van der Waals surface area contributed by atoms with Crippen molar-refractivity contribution >= 4 is 22.1 Å². The SMILES string of the molecule is CC.CC/C=C\C=C(/C)CC.Cc1nc2ccccn2c1-c1csc(N)n1. The highest BCUT2D eigenvalue weighted by atomic mass is 32.1. The highest BCUT2D eigenvalue weighted by molar-refractivity contribution is 7.13. The third kappa shape index (κ3) is 6.68. The fraction of sp³-hybridized carbons (Fsp3) is 0.364. The summed E-state index contributed by atoms with van der Waals surface area (Å²) < 4.78 is 2.03. The molecular formula is C22H32N4S. The number of nitrogens with two attached hydrogens (primary N) is 1. The molecule has 146 valence electrons. The van der Waals surface area contributed by atoms with Crippen molar-refractivity contribution < 1.29 is 0 Å². The van der Waals surface area contributed by atoms with Gasteiger partial charge in [-0.15, -0.1) is 11.3 Å². The summed E-state index contributed by atoms with van der Waals surface area (Å²) in [6, 6.07) is 5.93. The van der Waals surface area contributed by atoms with Crippen LogP contribution in [0, 0.1) is 6.92 Å². The van der Waals surface area contributed by atoms with Gasteiger partial charge >= 0.3 is 0 Å². The van der Waals surface area contributed by atoms with Crippen LogP contribution in [0.1, 0.15) is 53.2 Å². The number of hydrogen-bond acceptors (Lipinski definition) is 4. The fourth-order valence-electron chi connectivity index (χ4n) is 2.30. The van der Waals surface area contributed by atoms with Gasteiger partial charge in [-0.1, -0.05) is 57.6 Å². The maximum absolute atomic E-state index is 5.66. The number of aromatic nitrogens is 3. The summed E-state index contributed by atoms with van der Waals surface area (Å²) in [4.78, 5) is 8.79. The van der Waals surface area contributed by atoms with Crippen molar-refractivity contribution in [2.45, 2.75) is 54.4 Å². The number of nitrogens with zero attached hydrogens (tertiary/aromatic N) is 3. The Balaban J connectivity index is 0.000000286. The average molecular weight is 385 g/mol. The standard InChI is InChI=1S/C11H10N4S.C9H16.C2H6/c1-7-10(8-6-16-11(12)14-8)15-5-3-2-4-9(15)13-7;1-4-6-7-8-9(3)5-2;1-2/h2-6H,1H3,(H2,12,14);6-8H,4-5H2,1-3H3;1-2H3/b;7-6-,9-8+;. The summed E-state index contributed by atoms with van der Waals surface area (Å²) >= 11 is 1.45. The Morgan fingerprint density at radius 1 is 1.22 bits per heavy atom. The molecule has 2 N–H and O–H groups in total. The molecule has 0 aliphatic rings. The number of pyridine rings is 1. The van der Waals surface area contributed by atoms with Crippen LogP contribution in [0.2, 0.25) is 0 Å². The molecule has 0 spiro atoms. The smallest absolute Gasteiger partial charge is 0.180 e. The summed E-state index contributed by atoms with van der Waals surface area (Å²) in [6.45, 7) is 12.5. The average Bonchev–Trinajstić information content (AvgIpc) is 3.25. The van der Waals surface area contributed by atoms with Gasteiger partial charge in [0.25, 0.3) is 0 Å². The normalized spacial score (nSPS) is 11.1. The molecule has 27 heavy (non-hydrogen) atoms. The summed E-state index contributed by atoms with van der Waals surface area (Å²) in [6.07, 6.45) is 10.7. The van der Waals surface area contributed by atoms with E-state index >= 15 is 0 Å². The van der Waals surface area contributed by atoms with Gasteiger partial charge in [0.2, 0.25) is 0 Å². The molecule has 3 aromatic heterocycles. The van der Waals surface area contributed by atoms with Crippen LogP contribution in [0.4, 0.5) is 5.13 Å². The molecule has 4 nitrogen and oxygen atoms in total. The predicted octanol–water partition coefficient (Wildman–Crippen LogP) is 6.68. The predicted molar refractivity (Wildman–Crippen MR) is 120 cm³/mol. The minimum absolute atomic E-state index is 0.584. The molecule has 3 aromatic rings. The second-order valence-corrected chi connectivity index (χ2v) is 6.64. The lowest BCUT2D eigenvalue weighted by Crippen LogP contribution is -1.89. The van der Waals surface area contributed by atoms with Crippen LogP contribution >= 0.6 is 11.3 Å². The molecule has 3 heterocycles. The molecule has 3 rings (SSSR count). The number of rotatable bonds is 4.